The van der Waals surface area contributed by atoms with Crippen LogP contribution in [-0.4, -0.2) is 14.8 Å². The van der Waals surface area contributed by atoms with Gasteiger partial charge < -0.3 is 5.73 Å². The van der Waals surface area contributed by atoms with Gasteiger partial charge in [0.15, 0.2) is 5.13 Å². The Labute approximate surface area is 135 Å². The van der Waals surface area contributed by atoms with Gasteiger partial charge in [-0.1, -0.05) is 11.3 Å². The van der Waals surface area contributed by atoms with Crippen molar-refractivity contribution in [3.8, 4) is 21.8 Å². The molecule has 1 aliphatic rings. The molecule has 1 aromatic carbocycles. The van der Waals surface area contributed by atoms with Gasteiger partial charge in [0.2, 0.25) is 0 Å². The standard InChI is InChI=1S/C16H13FN4OS/c17-10-3-1-9(2-4-10)14-15(23-16(18)19-14)12-7-8-13(22)21(20-12)11-5-6-11/h1-4,7-8,11H,5-6H2,(H2,18,19). The Morgan fingerprint density at radius 3 is 2.61 bits per heavy atom. The predicted molar refractivity (Wildman–Crippen MR) is 87.7 cm³/mol. The van der Waals surface area contributed by atoms with Gasteiger partial charge in [0, 0.05) is 11.6 Å². The van der Waals surface area contributed by atoms with Gasteiger partial charge in [-0.05, 0) is 43.2 Å². The summed E-state index contributed by atoms with van der Waals surface area (Å²) in [7, 11) is 0. The first-order chi connectivity index (χ1) is 11.1. The van der Waals surface area contributed by atoms with E-state index in [0.29, 0.717) is 16.5 Å². The van der Waals surface area contributed by atoms with Crippen LogP contribution >= 0.6 is 11.3 Å². The minimum Gasteiger partial charge on any atom is -0.375 e. The summed E-state index contributed by atoms with van der Waals surface area (Å²) in [5, 5.41) is 4.87. The van der Waals surface area contributed by atoms with Gasteiger partial charge in [0.25, 0.3) is 5.56 Å². The van der Waals surface area contributed by atoms with Crippen molar-refractivity contribution in [2.24, 2.45) is 0 Å². The zero-order valence-electron chi connectivity index (χ0n) is 12.1. The molecule has 5 nitrogen and oxygen atoms in total. The molecule has 7 heteroatoms. The Bertz CT molecular complexity index is 928. The highest BCUT2D eigenvalue weighted by Crippen LogP contribution is 2.38. The summed E-state index contributed by atoms with van der Waals surface area (Å²) in [6.45, 7) is 0. The molecule has 0 radical (unpaired) electrons. The molecule has 0 amide bonds. The first-order valence-corrected chi connectivity index (χ1v) is 8.06. The lowest BCUT2D eigenvalue weighted by Gasteiger charge is -2.06. The molecule has 0 unspecified atom stereocenters. The van der Waals surface area contributed by atoms with Crippen LogP contribution in [0.4, 0.5) is 9.52 Å². The summed E-state index contributed by atoms with van der Waals surface area (Å²) in [6.07, 6.45) is 1.96. The Kier molecular flexibility index (Phi) is 3.23. The Hall–Kier alpha value is -2.54. The van der Waals surface area contributed by atoms with E-state index in [4.69, 9.17) is 5.73 Å². The largest absolute Gasteiger partial charge is 0.375 e. The van der Waals surface area contributed by atoms with Crippen LogP contribution in [-0.2, 0) is 0 Å². The molecule has 0 aliphatic heterocycles. The highest BCUT2D eigenvalue weighted by Gasteiger charge is 2.26. The van der Waals surface area contributed by atoms with Crippen molar-refractivity contribution < 1.29 is 4.39 Å². The fraction of sp³-hybridized carbons (Fsp3) is 0.188. The van der Waals surface area contributed by atoms with Crippen LogP contribution in [0, 0.1) is 5.82 Å². The lowest BCUT2D eigenvalue weighted by molar-refractivity contribution is 0.602. The van der Waals surface area contributed by atoms with Crippen molar-refractivity contribution in [1.29, 1.82) is 0 Å². The number of hydrogen-bond donors (Lipinski definition) is 1. The van der Waals surface area contributed by atoms with Gasteiger partial charge in [0.1, 0.15) is 11.5 Å². The number of halogens is 1. The quantitative estimate of drug-likeness (QED) is 0.802. The van der Waals surface area contributed by atoms with Crippen molar-refractivity contribution >= 4 is 16.5 Å². The van der Waals surface area contributed by atoms with E-state index >= 15 is 0 Å². The number of hydrogen-bond acceptors (Lipinski definition) is 5. The minimum absolute atomic E-state index is 0.0999. The molecular formula is C16H13FN4OS. The van der Waals surface area contributed by atoms with Crippen molar-refractivity contribution in [2.75, 3.05) is 5.73 Å². The summed E-state index contributed by atoms with van der Waals surface area (Å²) in [6, 6.07) is 9.48. The highest BCUT2D eigenvalue weighted by molar-refractivity contribution is 7.19. The Balaban J connectivity index is 1.85. The maximum atomic E-state index is 13.1. The molecule has 23 heavy (non-hydrogen) atoms. The van der Waals surface area contributed by atoms with Crippen molar-refractivity contribution in [1.82, 2.24) is 14.8 Å². The van der Waals surface area contributed by atoms with Gasteiger partial charge in [-0.25, -0.2) is 14.1 Å². The van der Waals surface area contributed by atoms with Gasteiger partial charge >= 0.3 is 0 Å². The molecule has 1 aliphatic carbocycles. The van der Waals surface area contributed by atoms with E-state index < -0.39 is 0 Å². The molecular weight excluding hydrogens is 315 g/mol. The van der Waals surface area contributed by atoms with E-state index in [0.717, 1.165) is 23.3 Å². The number of benzene rings is 1. The molecule has 3 aromatic rings. The van der Waals surface area contributed by atoms with Crippen LogP contribution in [0.2, 0.25) is 0 Å². The van der Waals surface area contributed by atoms with Crippen LogP contribution in [0.25, 0.3) is 21.8 Å². The van der Waals surface area contributed by atoms with Crippen LogP contribution in [0.5, 0.6) is 0 Å². The number of rotatable bonds is 3. The highest BCUT2D eigenvalue weighted by atomic mass is 32.1. The summed E-state index contributed by atoms with van der Waals surface area (Å²) in [5.41, 5.74) is 7.84. The zero-order chi connectivity index (χ0) is 16.0. The number of nitrogens with zero attached hydrogens (tertiary/aromatic N) is 3. The number of nitrogen functional groups attached to an aromatic ring is 1. The van der Waals surface area contributed by atoms with Crippen LogP contribution in [0.15, 0.2) is 41.2 Å². The fourth-order valence-corrected chi connectivity index (χ4v) is 3.26. The van der Waals surface area contributed by atoms with E-state index in [-0.39, 0.29) is 17.4 Å². The zero-order valence-corrected chi connectivity index (χ0v) is 12.9. The van der Waals surface area contributed by atoms with E-state index in [9.17, 15) is 9.18 Å². The molecule has 1 saturated carbocycles. The monoisotopic (exact) mass is 328 g/mol. The van der Waals surface area contributed by atoms with Crippen molar-refractivity contribution in [3.63, 3.8) is 0 Å². The van der Waals surface area contributed by atoms with Crippen LogP contribution in [0.1, 0.15) is 18.9 Å². The first kappa shape index (κ1) is 14.1. The summed E-state index contributed by atoms with van der Waals surface area (Å²) < 4.78 is 14.7. The van der Waals surface area contributed by atoms with Gasteiger partial charge in [-0.3, -0.25) is 4.79 Å². The van der Waals surface area contributed by atoms with Gasteiger partial charge in [0.05, 0.1) is 16.6 Å². The molecule has 0 atom stereocenters. The third kappa shape index (κ3) is 2.63. The van der Waals surface area contributed by atoms with E-state index in [1.54, 1.807) is 18.2 Å². The molecule has 2 N–H and O–H groups in total. The average Bonchev–Trinajstić information content (AvgIpc) is 3.31. The second-order valence-electron chi connectivity index (χ2n) is 5.47. The lowest BCUT2D eigenvalue weighted by atomic mass is 10.1. The Morgan fingerprint density at radius 2 is 1.91 bits per heavy atom. The summed E-state index contributed by atoms with van der Waals surface area (Å²) >= 11 is 1.31. The molecule has 1 fully saturated rings. The molecule has 0 spiro atoms. The lowest BCUT2D eigenvalue weighted by Crippen LogP contribution is -2.20. The normalized spacial score (nSPS) is 14.1. The van der Waals surface area contributed by atoms with Gasteiger partial charge in [-0.2, -0.15) is 5.10 Å². The SMILES string of the molecule is Nc1nc(-c2ccc(F)cc2)c(-c2ccc(=O)n(C3CC3)n2)s1. The van der Waals surface area contributed by atoms with Gasteiger partial charge in [-0.15, -0.1) is 0 Å². The maximum absolute atomic E-state index is 13.1. The topological polar surface area (TPSA) is 73.8 Å². The second kappa shape index (κ2) is 5.27. The number of thiazole rings is 1. The first-order valence-electron chi connectivity index (χ1n) is 7.24. The van der Waals surface area contributed by atoms with E-state index in [1.165, 1.54) is 34.2 Å². The third-order valence-electron chi connectivity index (χ3n) is 3.71. The molecule has 4 rings (SSSR count). The summed E-state index contributed by atoms with van der Waals surface area (Å²) in [5.74, 6) is -0.307. The molecule has 0 bridgehead atoms. The van der Waals surface area contributed by atoms with Crippen molar-refractivity contribution in [3.05, 3.63) is 52.6 Å². The van der Waals surface area contributed by atoms with Crippen LogP contribution < -0.4 is 11.3 Å². The number of nitrogens with two attached hydrogens (primary N) is 1. The van der Waals surface area contributed by atoms with E-state index in [2.05, 4.69) is 10.1 Å². The summed E-state index contributed by atoms with van der Waals surface area (Å²) in [4.78, 5) is 17.0. The van der Waals surface area contributed by atoms with Crippen LogP contribution in [0.3, 0.4) is 0 Å². The smallest absolute Gasteiger partial charge is 0.267 e. The predicted octanol–water partition coefficient (Wildman–Crippen LogP) is 3.09. The third-order valence-corrected chi connectivity index (χ3v) is 4.62. The number of anilines is 1. The second-order valence-corrected chi connectivity index (χ2v) is 6.50. The molecule has 2 heterocycles. The molecule has 2 aromatic heterocycles. The fourth-order valence-electron chi connectivity index (χ4n) is 2.44. The molecule has 116 valence electrons. The van der Waals surface area contributed by atoms with Crippen molar-refractivity contribution in [2.45, 2.75) is 18.9 Å². The maximum Gasteiger partial charge on any atom is 0.267 e. The molecule has 0 saturated heterocycles. The minimum atomic E-state index is -0.307. The van der Waals surface area contributed by atoms with E-state index in [1.807, 2.05) is 0 Å². The average molecular weight is 328 g/mol. The number of aromatic nitrogens is 3. The Morgan fingerprint density at radius 1 is 1.17 bits per heavy atom.